The van der Waals surface area contributed by atoms with Crippen LogP contribution in [0.2, 0.25) is 0 Å². The van der Waals surface area contributed by atoms with Gasteiger partial charge >= 0.3 is 6.18 Å². The minimum Gasteiger partial charge on any atom is -0.345 e. The first-order valence-corrected chi connectivity index (χ1v) is 11.5. The number of nitrogens with zero attached hydrogens (tertiary/aromatic N) is 5. The van der Waals surface area contributed by atoms with E-state index in [1.807, 2.05) is 52.9 Å². The maximum Gasteiger partial charge on any atom is 0.416 e. The molecule has 0 aliphatic carbocycles. The fraction of sp³-hybridized carbons (Fsp3) is 0.111. The average molecular weight is 500 g/mol. The second kappa shape index (κ2) is 8.44. The molecule has 0 atom stereocenters. The van der Waals surface area contributed by atoms with Crippen LogP contribution in [0, 0.1) is 6.92 Å². The van der Waals surface area contributed by atoms with Crippen molar-refractivity contribution in [1.29, 1.82) is 0 Å². The van der Waals surface area contributed by atoms with Crippen LogP contribution in [0.15, 0.2) is 79.0 Å². The number of carbonyl (C=O) groups excluding carboxylic acids is 1. The van der Waals surface area contributed by atoms with Gasteiger partial charge in [-0.3, -0.25) is 9.20 Å². The van der Waals surface area contributed by atoms with Gasteiger partial charge in [0.2, 0.25) is 0 Å². The van der Waals surface area contributed by atoms with Crippen molar-refractivity contribution in [2.24, 2.45) is 0 Å². The third kappa shape index (κ3) is 3.86. The lowest BCUT2D eigenvalue weighted by molar-refractivity contribution is -0.137. The highest BCUT2D eigenvalue weighted by Gasteiger charge is 2.30. The molecule has 0 saturated carbocycles. The molecule has 184 valence electrons. The summed E-state index contributed by atoms with van der Waals surface area (Å²) >= 11 is 0. The molecule has 0 aliphatic rings. The predicted molar refractivity (Wildman–Crippen MR) is 132 cm³/mol. The molecule has 0 aliphatic heterocycles. The van der Waals surface area contributed by atoms with Gasteiger partial charge in [-0.2, -0.15) is 13.2 Å². The minimum absolute atomic E-state index is 0.0810. The third-order valence-corrected chi connectivity index (χ3v) is 6.30. The second-order valence-corrected chi connectivity index (χ2v) is 8.65. The van der Waals surface area contributed by atoms with Crippen LogP contribution in [-0.2, 0) is 12.7 Å². The lowest BCUT2D eigenvalue weighted by Crippen LogP contribution is -2.25. The van der Waals surface area contributed by atoms with Gasteiger partial charge in [0, 0.05) is 10.8 Å². The quantitative estimate of drug-likeness (QED) is 0.325. The standard InChI is InChI=1S/C27H19F3N6O/c1-16-24(36-23-9-5-4-7-21(23)20-6-2-3-8-22(20)25(36)32-16)26(37)31-14-18-15-35(34-33-18)19-12-10-17(11-13-19)27(28,29)30/h2-13,15H,14H2,1H3,(H,31,37). The Labute approximate surface area is 208 Å². The molecule has 1 N–H and O–H groups in total. The number of alkyl halides is 3. The zero-order valence-electron chi connectivity index (χ0n) is 19.5. The van der Waals surface area contributed by atoms with E-state index < -0.39 is 11.7 Å². The van der Waals surface area contributed by atoms with Crippen molar-refractivity contribution in [1.82, 2.24) is 29.7 Å². The zero-order chi connectivity index (χ0) is 25.7. The number of rotatable bonds is 4. The molecule has 10 heteroatoms. The molecule has 7 nitrogen and oxygen atoms in total. The van der Waals surface area contributed by atoms with Crippen LogP contribution in [0.1, 0.15) is 27.4 Å². The Kier molecular flexibility index (Phi) is 5.18. The Morgan fingerprint density at radius 1 is 0.919 bits per heavy atom. The van der Waals surface area contributed by atoms with Crippen molar-refractivity contribution in [3.05, 3.63) is 102 Å². The van der Waals surface area contributed by atoms with Gasteiger partial charge < -0.3 is 5.32 Å². The van der Waals surface area contributed by atoms with Crippen LogP contribution in [0.5, 0.6) is 0 Å². The minimum atomic E-state index is -4.41. The summed E-state index contributed by atoms with van der Waals surface area (Å²) in [4.78, 5) is 18.1. The molecule has 1 amide bonds. The molecule has 0 radical (unpaired) electrons. The molecule has 0 unspecified atom stereocenters. The molecule has 37 heavy (non-hydrogen) atoms. The molecule has 3 aromatic carbocycles. The molecule has 6 rings (SSSR count). The number of hydrogen-bond acceptors (Lipinski definition) is 4. The first kappa shape index (κ1) is 22.7. The summed E-state index contributed by atoms with van der Waals surface area (Å²) in [6, 6.07) is 20.4. The summed E-state index contributed by atoms with van der Waals surface area (Å²) in [5.41, 5.74) is 2.72. The molecule has 3 heterocycles. The molecule has 0 saturated heterocycles. The first-order chi connectivity index (χ1) is 17.8. The van der Waals surface area contributed by atoms with Crippen molar-refractivity contribution < 1.29 is 18.0 Å². The van der Waals surface area contributed by atoms with E-state index in [1.165, 1.54) is 16.8 Å². The fourth-order valence-corrected chi connectivity index (χ4v) is 4.58. The molecule has 6 aromatic rings. The van der Waals surface area contributed by atoms with Gasteiger partial charge in [0.25, 0.3) is 5.91 Å². The summed E-state index contributed by atoms with van der Waals surface area (Å²) in [7, 11) is 0. The van der Waals surface area contributed by atoms with Crippen LogP contribution in [0.4, 0.5) is 13.2 Å². The van der Waals surface area contributed by atoms with Gasteiger partial charge in [-0.1, -0.05) is 47.7 Å². The summed E-state index contributed by atoms with van der Waals surface area (Å²) in [6.45, 7) is 1.88. The van der Waals surface area contributed by atoms with Gasteiger partial charge in [0.05, 0.1) is 35.2 Å². The smallest absolute Gasteiger partial charge is 0.345 e. The zero-order valence-corrected chi connectivity index (χ0v) is 19.5. The number of nitrogens with one attached hydrogen (secondary N) is 1. The monoisotopic (exact) mass is 500 g/mol. The van der Waals surface area contributed by atoms with Crippen LogP contribution in [-0.4, -0.2) is 30.3 Å². The average Bonchev–Trinajstić information content (AvgIpc) is 3.52. The fourth-order valence-electron chi connectivity index (χ4n) is 4.58. The Morgan fingerprint density at radius 3 is 2.32 bits per heavy atom. The van der Waals surface area contributed by atoms with Crippen molar-refractivity contribution in [3.8, 4) is 5.69 Å². The van der Waals surface area contributed by atoms with E-state index in [0.29, 0.717) is 28.4 Å². The molecule has 0 spiro atoms. The number of aryl methyl sites for hydroxylation is 1. The van der Waals surface area contributed by atoms with Gasteiger partial charge in [0.15, 0.2) is 0 Å². The van der Waals surface area contributed by atoms with Crippen molar-refractivity contribution in [3.63, 3.8) is 0 Å². The SMILES string of the molecule is Cc1nc2c3ccccc3c3ccccc3n2c1C(=O)NCc1cn(-c2ccc(C(F)(F)F)cc2)nn1. The largest absolute Gasteiger partial charge is 0.416 e. The molecule has 3 aromatic heterocycles. The maximum absolute atomic E-state index is 13.4. The topological polar surface area (TPSA) is 77.1 Å². The van der Waals surface area contributed by atoms with Gasteiger partial charge in [0.1, 0.15) is 17.0 Å². The normalized spacial score (nSPS) is 12.0. The Balaban J connectivity index is 1.30. The lowest BCUT2D eigenvalue weighted by atomic mass is 10.1. The van der Waals surface area contributed by atoms with E-state index in [1.54, 1.807) is 13.1 Å². The number of amides is 1. The molecular formula is C27H19F3N6O. The van der Waals surface area contributed by atoms with Gasteiger partial charge in [-0.05, 0) is 42.6 Å². The highest BCUT2D eigenvalue weighted by Crippen LogP contribution is 2.31. The Morgan fingerprint density at radius 2 is 1.59 bits per heavy atom. The number of hydrogen-bond donors (Lipinski definition) is 1. The van der Waals surface area contributed by atoms with Crippen molar-refractivity contribution in [2.75, 3.05) is 0 Å². The molecule has 0 bridgehead atoms. The predicted octanol–water partition coefficient (Wildman–Crippen LogP) is 5.48. The lowest BCUT2D eigenvalue weighted by Gasteiger charge is -2.10. The number of benzene rings is 3. The summed E-state index contributed by atoms with van der Waals surface area (Å²) in [5, 5.41) is 13.9. The highest BCUT2D eigenvalue weighted by molar-refractivity contribution is 6.13. The van der Waals surface area contributed by atoms with Gasteiger partial charge in [-0.25, -0.2) is 9.67 Å². The van der Waals surface area contributed by atoms with Crippen molar-refractivity contribution in [2.45, 2.75) is 19.6 Å². The molecule has 0 fully saturated rings. The number of pyridine rings is 1. The van der Waals surface area contributed by atoms with Crippen LogP contribution < -0.4 is 5.32 Å². The number of halogens is 3. The highest BCUT2D eigenvalue weighted by atomic mass is 19.4. The number of fused-ring (bicyclic) bond motifs is 6. The van der Waals surface area contributed by atoms with Crippen LogP contribution in [0.25, 0.3) is 33.0 Å². The summed E-state index contributed by atoms with van der Waals surface area (Å²) in [5.74, 6) is -0.325. The summed E-state index contributed by atoms with van der Waals surface area (Å²) < 4.78 is 41.7. The van der Waals surface area contributed by atoms with Crippen LogP contribution >= 0.6 is 0 Å². The van der Waals surface area contributed by atoms with Crippen LogP contribution in [0.3, 0.4) is 0 Å². The van der Waals surface area contributed by atoms with E-state index in [0.717, 1.165) is 33.8 Å². The number of aromatic nitrogens is 5. The first-order valence-electron chi connectivity index (χ1n) is 11.5. The number of para-hydroxylation sites is 1. The van der Waals surface area contributed by atoms with Gasteiger partial charge in [-0.15, -0.1) is 5.10 Å². The van der Waals surface area contributed by atoms with E-state index in [-0.39, 0.29) is 12.5 Å². The number of imidazole rings is 1. The van der Waals surface area contributed by atoms with Crippen molar-refractivity contribution >= 4 is 33.2 Å². The second-order valence-electron chi connectivity index (χ2n) is 8.65. The number of carbonyl (C=O) groups is 1. The van der Waals surface area contributed by atoms with E-state index in [9.17, 15) is 18.0 Å². The maximum atomic E-state index is 13.4. The van der Waals surface area contributed by atoms with E-state index in [2.05, 4.69) is 15.6 Å². The third-order valence-electron chi connectivity index (χ3n) is 6.30. The Hall–Kier alpha value is -4.73. The van der Waals surface area contributed by atoms with E-state index >= 15 is 0 Å². The Bertz CT molecular complexity index is 1800. The summed E-state index contributed by atoms with van der Waals surface area (Å²) in [6.07, 6.45) is -2.85. The van der Waals surface area contributed by atoms with E-state index in [4.69, 9.17) is 4.98 Å². The molecular weight excluding hydrogens is 481 g/mol.